The number of carbonyl (C=O) groups excluding carboxylic acids is 2. The van der Waals surface area contributed by atoms with Crippen LogP contribution in [0.25, 0.3) is 0 Å². The number of rotatable bonds is 6. The first-order valence-corrected chi connectivity index (χ1v) is 13.1. The molecule has 0 bridgehead atoms. The summed E-state index contributed by atoms with van der Waals surface area (Å²) >= 11 is 7.82. The highest BCUT2D eigenvalue weighted by Crippen LogP contribution is 2.40. The van der Waals surface area contributed by atoms with Crippen molar-refractivity contribution in [3.8, 4) is 5.75 Å². The maximum Gasteiger partial charge on any atom is 0.262 e. The highest BCUT2D eigenvalue weighted by atomic mass is 35.5. The molecule has 0 saturated heterocycles. The molecular weight excluding hydrogens is 508 g/mol. The Morgan fingerprint density at radius 2 is 1.92 bits per heavy atom. The van der Waals surface area contributed by atoms with Crippen molar-refractivity contribution < 1.29 is 14.3 Å². The van der Waals surface area contributed by atoms with Crippen LogP contribution in [0, 0.1) is 6.92 Å². The number of methoxy groups -OCH3 is 1. The van der Waals surface area contributed by atoms with Gasteiger partial charge in [-0.05, 0) is 36.2 Å². The minimum absolute atomic E-state index is 0.00710. The molecule has 0 unspecified atom stereocenters. The van der Waals surface area contributed by atoms with E-state index in [0.29, 0.717) is 28.0 Å². The summed E-state index contributed by atoms with van der Waals surface area (Å²) in [7, 11) is 1.56. The van der Waals surface area contributed by atoms with Crippen LogP contribution in [0.3, 0.4) is 0 Å². The Labute approximate surface area is 224 Å². The second-order valence-electron chi connectivity index (χ2n) is 8.82. The summed E-state index contributed by atoms with van der Waals surface area (Å²) in [5.74, 6) is 0.0118. The molecule has 5 rings (SSSR count). The molecule has 7 nitrogen and oxygen atoms in total. The number of nitrogens with one attached hydrogen (secondary N) is 1. The van der Waals surface area contributed by atoms with E-state index in [4.69, 9.17) is 21.4 Å². The van der Waals surface area contributed by atoms with Gasteiger partial charge in [0.2, 0.25) is 5.91 Å². The van der Waals surface area contributed by atoms with E-state index >= 15 is 0 Å². The molecule has 2 aliphatic heterocycles. The maximum absolute atomic E-state index is 12.8. The fourth-order valence-electron chi connectivity index (χ4n) is 4.28. The van der Waals surface area contributed by atoms with Crippen molar-refractivity contribution in [3.05, 3.63) is 94.5 Å². The summed E-state index contributed by atoms with van der Waals surface area (Å²) in [6.07, 6.45) is 0.606. The zero-order valence-electron chi connectivity index (χ0n) is 20.3. The van der Waals surface area contributed by atoms with Crippen LogP contribution in [0.15, 0.2) is 82.9 Å². The van der Waals surface area contributed by atoms with Crippen LogP contribution in [-0.2, 0) is 9.59 Å². The van der Waals surface area contributed by atoms with Gasteiger partial charge in [0.25, 0.3) is 5.91 Å². The third-order valence-electron chi connectivity index (χ3n) is 6.21. The van der Waals surface area contributed by atoms with Gasteiger partial charge in [0, 0.05) is 29.6 Å². The Morgan fingerprint density at radius 3 is 2.68 bits per heavy atom. The average molecular weight is 533 g/mol. The van der Waals surface area contributed by atoms with E-state index in [1.165, 1.54) is 17.3 Å². The summed E-state index contributed by atoms with van der Waals surface area (Å²) in [6, 6.07) is 22.7. The number of ether oxygens (including phenoxy) is 1. The lowest BCUT2D eigenvalue weighted by molar-refractivity contribution is -0.121. The number of amides is 2. The summed E-state index contributed by atoms with van der Waals surface area (Å²) in [4.78, 5) is 29.8. The first-order valence-electron chi connectivity index (χ1n) is 11.8. The van der Waals surface area contributed by atoms with Crippen LogP contribution in [0.5, 0.6) is 5.75 Å². The lowest BCUT2D eigenvalue weighted by atomic mass is 9.98. The predicted molar refractivity (Wildman–Crippen MR) is 148 cm³/mol. The molecule has 2 amide bonds. The lowest BCUT2D eigenvalue weighted by Gasteiger charge is -2.23. The number of hydrazone groups is 1. The topological polar surface area (TPSA) is 83.4 Å². The Morgan fingerprint density at radius 1 is 1.14 bits per heavy atom. The first-order chi connectivity index (χ1) is 17.9. The van der Waals surface area contributed by atoms with Crippen molar-refractivity contribution >= 4 is 51.7 Å². The fourth-order valence-corrected chi connectivity index (χ4v) is 5.60. The molecule has 0 spiro atoms. The van der Waals surface area contributed by atoms with Crippen molar-refractivity contribution in [3.63, 3.8) is 0 Å². The molecule has 0 aliphatic carbocycles. The van der Waals surface area contributed by atoms with Crippen molar-refractivity contribution in [2.75, 3.05) is 12.4 Å². The van der Waals surface area contributed by atoms with Crippen molar-refractivity contribution in [2.45, 2.75) is 31.1 Å². The Hall–Kier alpha value is -3.62. The van der Waals surface area contributed by atoms with E-state index in [9.17, 15) is 9.59 Å². The van der Waals surface area contributed by atoms with Gasteiger partial charge in [0.1, 0.15) is 11.0 Å². The number of benzene rings is 3. The lowest BCUT2D eigenvalue weighted by Crippen LogP contribution is -2.25. The number of hydrogen-bond acceptors (Lipinski definition) is 6. The van der Waals surface area contributed by atoms with Gasteiger partial charge in [0.15, 0.2) is 5.17 Å². The first kappa shape index (κ1) is 25.0. The van der Waals surface area contributed by atoms with E-state index < -0.39 is 5.25 Å². The molecule has 0 saturated carbocycles. The van der Waals surface area contributed by atoms with Crippen LogP contribution in [-0.4, -0.2) is 40.1 Å². The van der Waals surface area contributed by atoms with Gasteiger partial charge in [-0.15, -0.1) is 0 Å². The molecule has 9 heteroatoms. The molecule has 0 aromatic heterocycles. The summed E-state index contributed by atoms with van der Waals surface area (Å²) in [6.45, 7) is 2.04. The third-order valence-corrected chi connectivity index (χ3v) is 7.69. The van der Waals surface area contributed by atoms with Gasteiger partial charge < -0.3 is 10.1 Å². The standard InChI is InChI=1S/C28H25ClN4O3S/c1-17-10-12-18(13-11-17)23-15-24(21-8-3-4-9-22(21)29)33(32-23)28-31-27(35)25(37-28)16-26(34)30-19-6-5-7-20(14-19)36-2/h3-14,24-25H,15-16H2,1-2H3,(H,30,34)/t24-,25-/m1/s1. The predicted octanol–water partition coefficient (Wildman–Crippen LogP) is 5.83. The minimum Gasteiger partial charge on any atom is -0.497 e. The van der Waals surface area contributed by atoms with E-state index in [1.54, 1.807) is 36.4 Å². The molecule has 37 heavy (non-hydrogen) atoms. The molecule has 188 valence electrons. The van der Waals surface area contributed by atoms with Crippen LogP contribution in [0.1, 0.15) is 35.6 Å². The molecule has 2 aliphatic rings. The number of nitrogens with zero attached hydrogens (tertiary/aromatic N) is 3. The highest BCUT2D eigenvalue weighted by molar-refractivity contribution is 8.15. The van der Waals surface area contributed by atoms with E-state index in [1.807, 2.05) is 55.5 Å². The van der Waals surface area contributed by atoms with Gasteiger partial charge in [-0.1, -0.05) is 77.5 Å². The summed E-state index contributed by atoms with van der Waals surface area (Å²) in [5, 5.41) is 9.95. The van der Waals surface area contributed by atoms with Crippen molar-refractivity contribution in [1.29, 1.82) is 0 Å². The molecule has 1 N–H and O–H groups in total. The van der Waals surface area contributed by atoms with Crippen LogP contribution >= 0.6 is 23.4 Å². The molecule has 3 aromatic carbocycles. The third kappa shape index (κ3) is 5.55. The second kappa shape index (κ2) is 10.8. The van der Waals surface area contributed by atoms with E-state index in [-0.39, 0.29) is 24.3 Å². The quantitative estimate of drug-likeness (QED) is 0.431. The van der Waals surface area contributed by atoms with Crippen molar-refractivity contribution in [2.24, 2.45) is 10.1 Å². The number of hydrogen-bond donors (Lipinski definition) is 1. The highest BCUT2D eigenvalue weighted by Gasteiger charge is 2.39. The van der Waals surface area contributed by atoms with E-state index in [0.717, 1.165) is 16.8 Å². The molecule has 2 atom stereocenters. The molecule has 3 aromatic rings. The number of aliphatic imine (C=N–C) groups is 1. The molecular formula is C28H25ClN4O3S. The number of carbonyl (C=O) groups is 2. The zero-order chi connectivity index (χ0) is 25.9. The number of thioether (sulfide) groups is 1. The number of amidine groups is 1. The Bertz CT molecular complexity index is 1410. The average Bonchev–Trinajstić information content (AvgIpc) is 3.48. The molecule has 2 heterocycles. The van der Waals surface area contributed by atoms with Crippen LogP contribution < -0.4 is 10.1 Å². The Kier molecular flexibility index (Phi) is 7.30. The number of aryl methyl sites for hydroxylation is 1. The monoisotopic (exact) mass is 532 g/mol. The number of anilines is 1. The second-order valence-corrected chi connectivity index (χ2v) is 10.4. The van der Waals surface area contributed by atoms with Gasteiger partial charge >= 0.3 is 0 Å². The largest absolute Gasteiger partial charge is 0.497 e. The summed E-state index contributed by atoms with van der Waals surface area (Å²) < 4.78 is 5.20. The van der Waals surface area contributed by atoms with Gasteiger partial charge in [0.05, 0.1) is 18.9 Å². The maximum atomic E-state index is 12.8. The molecule has 0 radical (unpaired) electrons. The summed E-state index contributed by atoms with van der Waals surface area (Å²) in [5.41, 5.74) is 4.57. The normalized spacial score (nSPS) is 19.0. The van der Waals surface area contributed by atoms with Gasteiger partial charge in [-0.2, -0.15) is 10.1 Å². The minimum atomic E-state index is -0.633. The number of halogens is 1. The van der Waals surface area contributed by atoms with Crippen molar-refractivity contribution in [1.82, 2.24) is 5.01 Å². The van der Waals surface area contributed by atoms with Crippen LogP contribution in [0.2, 0.25) is 5.02 Å². The SMILES string of the molecule is COc1cccc(NC(=O)C[C@H]2SC(N3N=C(c4ccc(C)cc4)C[C@@H]3c3ccccc3Cl)=NC2=O)c1. The zero-order valence-corrected chi connectivity index (χ0v) is 21.9. The van der Waals surface area contributed by atoms with Crippen LogP contribution in [0.4, 0.5) is 5.69 Å². The van der Waals surface area contributed by atoms with Gasteiger partial charge in [-0.25, -0.2) is 5.01 Å². The van der Waals surface area contributed by atoms with Gasteiger partial charge in [-0.3, -0.25) is 9.59 Å². The Balaban J connectivity index is 1.35. The van der Waals surface area contributed by atoms with E-state index in [2.05, 4.69) is 10.3 Å². The smallest absolute Gasteiger partial charge is 0.262 e. The fraction of sp³-hybridized carbons (Fsp3) is 0.214. The molecule has 0 fully saturated rings.